The first-order valence-corrected chi connectivity index (χ1v) is 15.1. The van der Waals surface area contributed by atoms with E-state index in [1.54, 1.807) is 0 Å². The number of fused-ring (bicyclic) bond motifs is 2. The Morgan fingerprint density at radius 1 is 0.692 bits per heavy atom. The van der Waals surface area contributed by atoms with E-state index >= 15 is 0 Å². The standard InChI is InChI=1S/C35H50O4/c1-21(2)25-13-11-17-34(19-25,23(5)6)38-31(36)29-27-15-16-28(33(27,9)10)30(29)32(37)39-35(24(7)8)18-12-14-26(20-35)22(3)4/h11-14,19-24,27-28H,15-18H2,1-10H3. The van der Waals surface area contributed by atoms with Crippen LogP contribution >= 0.6 is 0 Å². The summed E-state index contributed by atoms with van der Waals surface area (Å²) in [4.78, 5) is 28.4. The van der Waals surface area contributed by atoms with Crippen LogP contribution in [0.1, 0.15) is 94.9 Å². The van der Waals surface area contributed by atoms with Crippen LogP contribution in [0, 0.1) is 40.9 Å². The summed E-state index contributed by atoms with van der Waals surface area (Å²) in [5.74, 6) is 0.184. The third-order valence-electron chi connectivity index (χ3n) is 10.1. The molecule has 0 radical (unpaired) electrons. The minimum absolute atomic E-state index is 0.00235. The second-order valence-corrected chi connectivity index (χ2v) is 14.1. The highest BCUT2D eigenvalue weighted by atomic mass is 16.6. The van der Waals surface area contributed by atoms with E-state index in [1.807, 2.05) is 0 Å². The molecule has 4 rings (SSSR count). The zero-order valence-corrected chi connectivity index (χ0v) is 25.9. The van der Waals surface area contributed by atoms with Crippen molar-refractivity contribution in [2.75, 3.05) is 0 Å². The number of ether oxygens (including phenoxy) is 2. The molecule has 0 aromatic heterocycles. The van der Waals surface area contributed by atoms with Gasteiger partial charge in [0.2, 0.25) is 0 Å². The van der Waals surface area contributed by atoms with Crippen molar-refractivity contribution < 1.29 is 19.1 Å². The first-order chi connectivity index (χ1) is 18.1. The van der Waals surface area contributed by atoms with Gasteiger partial charge in [-0.15, -0.1) is 0 Å². The topological polar surface area (TPSA) is 52.6 Å². The summed E-state index contributed by atoms with van der Waals surface area (Å²) < 4.78 is 13.0. The summed E-state index contributed by atoms with van der Waals surface area (Å²) in [5, 5.41) is 0. The maximum atomic E-state index is 14.2. The van der Waals surface area contributed by atoms with E-state index in [0.29, 0.717) is 35.8 Å². The van der Waals surface area contributed by atoms with Crippen molar-refractivity contribution in [1.82, 2.24) is 0 Å². The van der Waals surface area contributed by atoms with E-state index in [0.717, 1.165) is 12.8 Å². The predicted octanol–water partition coefficient (Wildman–Crippen LogP) is 8.31. The maximum Gasteiger partial charge on any atom is 0.335 e. The van der Waals surface area contributed by atoms with Crippen LogP contribution in [0.4, 0.5) is 0 Å². The van der Waals surface area contributed by atoms with Crippen molar-refractivity contribution in [3.8, 4) is 0 Å². The third kappa shape index (κ3) is 5.13. The van der Waals surface area contributed by atoms with Gasteiger partial charge in [-0.3, -0.25) is 0 Å². The monoisotopic (exact) mass is 534 g/mol. The fourth-order valence-corrected chi connectivity index (χ4v) is 7.13. The van der Waals surface area contributed by atoms with Crippen LogP contribution in [-0.4, -0.2) is 23.1 Å². The number of esters is 2. The molecule has 1 fully saturated rings. The van der Waals surface area contributed by atoms with E-state index in [1.165, 1.54) is 11.1 Å². The van der Waals surface area contributed by atoms with Crippen LogP contribution in [0.5, 0.6) is 0 Å². The highest BCUT2D eigenvalue weighted by Gasteiger charge is 2.58. The lowest BCUT2D eigenvalue weighted by molar-refractivity contribution is -0.158. The molecule has 2 bridgehead atoms. The van der Waals surface area contributed by atoms with Gasteiger partial charge in [0.05, 0.1) is 11.1 Å². The minimum Gasteiger partial charge on any atom is -0.451 e. The quantitative estimate of drug-likeness (QED) is 0.294. The molecule has 4 nitrogen and oxygen atoms in total. The highest BCUT2D eigenvalue weighted by molar-refractivity contribution is 6.03. The first kappa shape index (κ1) is 29.6. The number of hydrogen-bond acceptors (Lipinski definition) is 4. The lowest BCUT2D eigenvalue weighted by atomic mass is 9.78. The Kier molecular flexibility index (Phi) is 8.02. The Morgan fingerprint density at radius 2 is 1.05 bits per heavy atom. The lowest BCUT2D eigenvalue weighted by Gasteiger charge is -2.38. The van der Waals surface area contributed by atoms with Gasteiger partial charge in [-0.25, -0.2) is 9.59 Å². The second-order valence-electron chi connectivity index (χ2n) is 14.1. The van der Waals surface area contributed by atoms with Crippen molar-refractivity contribution in [1.29, 1.82) is 0 Å². The summed E-state index contributed by atoms with van der Waals surface area (Å²) in [7, 11) is 0. The molecule has 214 valence electrons. The average Bonchev–Trinajstić information content (AvgIpc) is 3.28. The Bertz CT molecular complexity index is 1070. The molecule has 0 spiro atoms. The van der Waals surface area contributed by atoms with Gasteiger partial charge >= 0.3 is 11.9 Å². The van der Waals surface area contributed by atoms with Crippen LogP contribution in [0.2, 0.25) is 0 Å². The fourth-order valence-electron chi connectivity index (χ4n) is 7.13. The smallest absolute Gasteiger partial charge is 0.335 e. The minimum atomic E-state index is -0.721. The highest BCUT2D eigenvalue weighted by Crippen LogP contribution is 2.61. The Hall–Kier alpha value is -2.36. The molecule has 0 amide bonds. The molecule has 4 aliphatic carbocycles. The van der Waals surface area contributed by atoms with Crippen LogP contribution in [0.15, 0.2) is 58.7 Å². The Balaban J connectivity index is 1.73. The number of allylic oxidation sites excluding steroid dienone is 4. The van der Waals surface area contributed by atoms with Crippen molar-refractivity contribution in [3.05, 3.63) is 58.7 Å². The molecule has 0 aromatic rings. The van der Waals surface area contributed by atoms with E-state index in [4.69, 9.17) is 9.47 Å². The second kappa shape index (κ2) is 10.6. The Labute approximate surface area is 236 Å². The van der Waals surface area contributed by atoms with Gasteiger partial charge in [-0.05, 0) is 77.1 Å². The van der Waals surface area contributed by atoms with E-state index in [2.05, 4.69) is 106 Å². The van der Waals surface area contributed by atoms with Crippen LogP contribution < -0.4 is 0 Å². The molecule has 0 saturated heterocycles. The summed E-state index contributed by atoms with van der Waals surface area (Å²) >= 11 is 0. The van der Waals surface area contributed by atoms with E-state index in [-0.39, 0.29) is 41.0 Å². The molecule has 0 N–H and O–H groups in total. The summed E-state index contributed by atoms with van der Waals surface area (Å²) in [5.41, 5.74) is 1.87. The summed E-state index contributed by atoms with van der Waals surface area (Å²) in [6.07, 6.45) is 15.9. The van der Waals surface area contributed by atoms with Crippen molar-refractivity contribution in [3.63, 3.8) is 0 Å². The van der Waals surface area contributed by atoms with Gasteiger partial charge < -0.3 is 9.47 Å². The van der Waals surface area contributed by atoms with Crippen molar-refractivity contribution in [2.24, 2.45) is 40.9 Å². The van der Waals surface area contributed by atoms with Crippen molar-refractivity contribution >= 4 is 11.9 Å². The molecule has 39 heavy (non-hydrogen) atoms. The molecular formula is C35H50O4. The molecular weight excluding hydrogens is 484 g/mol. The largest absolute Gasteiger partial charge is 0.451 e. The lowest BCUT2D eigenvalue weighted by Crippen LogP contribution is -2.42. The van der Waals surface area contributed by atoms with E-state index < -0.39 is 11.2 Å². The number of carbonyl (C=O) groups excluding carboxylic acids is 2. The van der Waals surface area contributed by atoms with E-state index in [9.17, 15) is 9.59 Å². The van der Waals surface area contributed by atoms with Crippen LogP contribution in [0.3, 0.4) is 0 Å². The summed E-state index contributed by atoms with van der Waals surface area (Å²) in [6, 6.07) is 0. The zero-order chi connectivity index (χ0) is 28.9. The van der Waals surface area contributed by atoms with Gasteiger partial charge in [-0.1, -0.05) is 93.5 Å². The van der Waals surface area contributed by atoms with Crippen LogP contribution in [-0.2, 0) is 19.1 Å². The number of rotatable bonds is 8. The number of carbonyl (C=O) groups is 2. The van der Waals surface area contributed by atoms with Gasteiger partial charge in [-0.2, -0.15) is 0 Å². The molecule has 4 unspecified atom stereocenters. The van der Waals surface area contributed by atoms with Crippen molar-refractivity contribution in [2.45, 2.75) is 106 Å². The molecule has 0 aliphatic heterocycles. The van der Waals surface area contributed by atoms with Gasteiger partial charge in [0.15, 0.2) is 0 Å². The van der Waals surface area contributed by atoms with Gasteiger partial charge in [0.1, 0.15) is 11.2 Å². The third-order valence-corrected chi connectivity index (χ3v) is 10.1. The molecule has 1 saturated carbocycles. The zero-order valence-electron chi connectivity index (χ0n) is 25.9. The fraction of sp³-hybridized carbons (Fsp3) is 0.657. The average molecular weight is 535 g/mol. The predicted molar refractivity (Wildman–Crippen MR) is 158 cm³/mol. The molecule has 4 heteroatoms. The maximum absolute atomic E-state index is 14.2. The van der Waals surface area contributed by atoms with Crippen LogP contribution in [0.25, 0.3) is 0 Å². The molecule has 4 atom stereocenters. The SMILES string of the molecule is CC(C)C1=CC(OC(=O)C2=C(C(=O)OC3(C(C)C)C=C(C(C)C)C=CC3)C3CCC2C3(C)C)(C(C)C)CC=C1. The van der Waals surface area contributed by atoms with Gasteiger partial charge in [0.25, 0.3) is 0 Å². The number of hydrogen-bond donors (Lipinski definition) is 0. The first-order valence-electron chi connectivity index (χ1n) is 15.1. The molecule has 4 aliphatic rings. The molecule has 0 aromatic carbocycles. The molecule has 0 heterocycles. The van der Waals surface area contributed by atoms with Gasteiger partial charge in [0, 0.05) is 12.8 Å². The summed E-state index contributed by atoms with van der Waals surface area (Å²) in [6.45, 7) is 21.5. The Morgan fingerprint density at radius 3 is 1.36 bits per heavy atom. The normalized spacial score (nSPS) is 31.4.